The quantitative estimate of drug-likeness (QED) is 0.579. The van der Waals surface area contributed by atoms with E-state index < -0.39 is 18.0 Å². The minimum atomic E-state index is -1.46. The second kappa shape index (κ2) is 12.0. The smallest absolute Gasteiger partial charge is 0.337 e. The summed E-state index contributed by atoms with van der Waals surface area (Å²) in [6, 6.07) is 18.6. The van der Waals surface area contributed by atoms with Gasteiger partial charge in [-0.15, -0.1) is 0 Å². The Morgan fingerprint density at radius 2 is 1.59 bits per heavy atom. The van der Waals surface area contributed by atoms with E-state index in [0.29, 0.717) is 12.2 Å². The first-order valence-electron chi connectivity index (χ1n) is 9.29. The van der Waals surface area contributed by atoms with Gasteiger partial charge in [-0.05, 0) is 17.5 Å². The Balaban J connectivity index is 1.85. The highest BCUT2D eigenvalue weighted by molar-refractivity contribution is 8.13. The molecule has 0 radical (unpaired) electrons. The van der Waals surface area contributed by atoms with Crippen molar-refractivity contribution in [2.24, 2.45) is 5.92 Å². The Morgan fingerprint density at radius 1 is 1.00 bits per heavy atom. The van der Waals surface area contributed by atoms with Gasteiger partial charge in [-0.2, -0.15) is 0 Å². The highest BCUT2D eigenvalue weighted by Gasteiger charge is 2.23. The zero-order chi connectivity index (χ0) is 21.1. The lowest BCUT2D eigenvalue weighted by atomic mass is 10.00. The van der Waals surface area contributed by atoms with Gasteiger partial charge < -0.3 is 15.2 Å². The molecular weight excluding hydrogens is 390 g/mol. The number of ether oxygens (including phenoxy) is 1. The summed E-state index contributed by atoms with van der Waals surface area (Å²) in [7, 11) is 0. The van der Waals surface area contributed by atoms with Gasteiger partial charge in [-0.1, -0.05) is 72.4 Å². The van der Waals surface area contributed by atoms with Gasteiger partial charge in [-0.3, -0.25) is 9.59 Å². The number of amides is 1. The van der Waals surface area contributed by atoms with Crippen LogP contribution >= 0.6 is 11.8 Å². The van der Waals surface area contributed by atoms with Crippen molar-refractivity contribution < 1.29 is 24.2 Å². The monoisotopic (exact) mass is 415 g/mol. The van der Waals surface area contributed by atoms with E-state index >= 15 is 0 Å². The third kappa shape index (κ3) is 8.50. The molecule has 6 nitrogen and oxygen atoms in total. The molecule has 7 heteroatoms. The Labute approximate surface area is 174 Å². The van der Waals surface area contributed by atoms with Gasteiger partial charge in [0.2, 0.25) is 5.91 Å². The van der Waals surface area contributed by atoms with Crippen LogP contribution in [-0.2, 0) is 32.1 Å². The third-order valence-electron chi connectivity index (χ3n) is 4.15. The van der Waals surface area contributed by atoms with Crippen molar-refractivity contribution in [2.45, 2.75) is 26.1 Å². The molecule has 1 amide bonds. The van der Waals surface area contributed by atoms with Crippen LogP contribution in [0.2, 0.25) is 0 Å². The molecule has 0 fully saturated rings. The van der Waals surface area contributed by atoms with Crippen LogP contribution < -0.4 is 5.32 Å². The maximum atomic E-state index is 12.6. The summed E-state index contributed by atoms with van der Waals surface area (Å²) in [5.41, 5.74) is 1.78. The standard InChI is InChI=1S/C22H25NO5S/c1-16(24)29-15-19(12-17-8-4-2-5-9-17)21(26)23-13-20(25)22(27)28-14-18-10-6-3-7-11-18/h2-11,19-20,25H,12-15H2,1H3,(H,23,26)/t19-,20-/m0/s1. The molecule has 2 N–H and O–H groups in total. The lowest BCUT2D eigenvalue weighted by Crippen LogP contribution is -2.41. The van der Waals surface area contributed by atoms with E-state index in [1.807, 2.05) is 60.7 Å². The SMILES string of the molecule is CC(=O)SC[C@H](Cc1ccccc1)C(=O)NC[C@H](O)C(=O)OCc1ccccc1. The van der Waals surface area contributed by atoms with Crippen molar-refractivity contribution in [3.8, 4) is 0 Å². The molecule has 0 saturated carbocycles. The fraction of sp³-hybridized carbons (Fsp3) is 0.318. The fourth-order valence-electron chi connectivity index (χ4n) is 2.59. The highest BCUT2D eigenvalue weighted by Crippen LogP contribution is 2.16. The maximum Gasteiger partial charge on any atom is 0.337 e. The summed E-state index contributed by atoms with van der Waals surface area (Å²) in [4.78, 5) is 35.8. The maximum absolute atomic E-state index is 12.6. The van der Waals surface area contributed by atoms with Crippen molar-refractivity contribution in [3.05, 3.63) is 71.8 Å². The molecule has 2 aromatic rings. The number of hydrogen-bond acceptors (Lipinski definition) is 6. The number of aliphatic hydroxyl groups excluding tert-OH is 1. The van der Waals surface area contributed by atoms with E-state index in [1.54, 1.807) is 0 Å². The van der Waals surface area contributed by atoms with Gasteiger partial charge in [-0.25, -0.2) is 4.79 Å². The number of esters is 1. The van der Waals surface area contributed by atoms with Crippen molar-refractivity contribution in [1.29, 1.82) is 0 Å². The van der Waals surface area contributed by atoms with Crippen LogP contribution in [0.15, 0.2) is 60.7 Å². The van der Waals surface area contributed by atoms with Gasteiger partial charge in [0.25, 0.3) is 0 Å². The minimum absolute atomic E-state index is 0.0521. The first-order chi connectivity index (χ1) is 14.0. The van der Waals surface area contributed by atoms with Gasteiger partial charge in [0.05, 0.1) is 12.5 Å². The second-order valence-corrected chi connectivity index (χ2v) is 7.74. The number of thioether (sulfide) groups is 1. The van der Waals surface area contributed by atoms with E-state index in [-0.39, 0.29) is 24.2 Å². The van der Waals surface area contributed by atoms with Crippen molar-refractivity contribution in [1.82, 2.24) is 5.32 Å². The molecule has 154 valence electrons. The van der Waals surface area contributed by atoms with Crippen molar-refractivity contribution in [3.63, 3.8) is 0 Å². The molecule has 0 aliphatic heterocycles. The average molecular weight is 416 g/mol. The van der Waals surface area contributed by atoms with Gasteiger partial charge >= 0.3 is 5.97 Å². The van der Waals surface area contributed by atoms with E-state index in [1.165, 1.54) is 6.92 Å². The summed E-state index contributed by atoms with van der Waals surface area (Å²) in [6.45, 7) is 1.26. The topological polar surface area (TPSA) is 92.7 Å². The minimum Gasteiger partial charge on any atom is -0.459 e. The largest absolute Gasteiger partial charge is 0.459 e. The molecule has 0 saturated heterocycles. The van der Waals surface area contributed by atoms with E-state index in [0.717, 1.165) is 22.9 Å². The summed E-state index contributed by atoms with van der Waals surface area (Å²) < 4.78 is 5.07. The zero-order valence-corrected chi connectivity index (χ0v) is 17.1. The number of rotatable bonds is 10. The van der Waals surface area contributed by atoms with Gasteiger partial charge in [0, 0.05) is 12.7 Å². The van der Waals surface area contributed by atoms with Crippen LogP contribution in [0.5, 0.6) is 0 Å². The lowest BCUT2D eigenvalue weighted by molar-refractivity contribution is -0.154. The molecule has 2 aromatic carbocycles. The Bertz CT molecular complexity index is 797. The van der Waals surface area contributed by atoms with Crippen LogP contribution in [0.4, 0.5) is 0 Å². The molecule has 0 aliphatic rings. The molecule has 2 rings (SSSR count). The predicted molar refractivity (Wildman–Crippen MR) is 112 cm³/mol. The Hall–Kier alpha value is -2.64. The number of aliphatic hydroxyl groups is 1. The normalized spacial score (nSPS) is 12.6. The van der Waals surface area contributed by atoms with Crippen LogP contribution in [0.25, 0.3) is 0 Å². The van der Waals surface area contributed by atoms with Crippen molar-refractivity contribution >= 4 is 28.8 Å². The molecule has 2 atom stereocenters. The molecule has 29 heavy (non-hydrogen) atoms. The van der Waals surface area contributed by atoms with Gasteiger partial charge in [0.1, 0.15) is 6.61 Å². The molecule has 0 aromatic heterocycles. The van der Waals surface area contributed by atoms with Crippen molar-refractivity contribution in [2.75, 3.05) is 12.3 Å². The molecular formula is C22H25NO5S. The summed E-state index contributed by atoms with van der Waals surface area (Å²) in [6.07, 6.45) is -0.998. The van der Waals surface area contributed by atoms with E-state index in [9.17, 15) is 19.5 Å². The number of nitrogens with one attached hydrogen (secondary N) is 1. The van der Waals surface area contributed by atoms with E-state index in [4.69, 9.17) is 4.74 Å². The van der Waals surface area contributed by atoms with Crippen LogP contribution in [0.1, 0.15) is 18.1 Å². The summed E-state index contributed by atoms with van der Waals surface area (Å²) in [5, 5.41) is 12.5. The molecule has 0 aliphatic carbocycles. The van der Waals surface area contributed by atoms with Crippen LogP contribution in [-0.4, -0.2) is 40.5 Å². The zero-order valence-electron chi connectivity index (χ0n) is 16.2. The summed E-state index contributed by atoms with van der Waals surface area (Å²) in [5.74, 6) is -1.26. The number of carbonyl (C=O) groups excluding carboxylic acids is 3. The first-order valence-corrected chi connectivity index (χ1v) is 10.3. The number of carbonyl (C=O) groups is 3. The number of hydrogen-bond donors (Lipinski definition) is 2. The predicted octanol–water partition coefficient (Wildman–Crippen LogP) is 2.35. The highest BCUT2D eigenvalue weighted by atomic mass is 32.2. The number of benzene rings is 2. The second-order valence-electron chi connectivity index (χ2n) is 6.54. The summed E-state index contributed by atoms with van der Waals surface area (Å²) >= 11 is 1.08. The fourth-order valence-corrected chi connectivity index (χ4v) is 3.30. The molecule has 0 heterocycles. The van der Waals surface area contributed by atoms with E-state index in [2.05, 4.69) is 5.32 Å². The van der Waals surface area contributed by atoms with Crippen LogP contribution in [0, 0.1) is 5.92 Å². The Kier molecular flexibility index (Phi) is 9.40. The average Bonchev–Trinajstić information content (AvgIpc) is 2.74. The van der Waals surface area contributed by atoms with Crippen LogP contribution in [0.3, 0.4) is 0 Å². The van der Waals surface area contributed by atoms with Gasteiger partial charge in [0.15, 0.2) is 11.2 Å². The molecule has 0 spiro atoms. The third-order valence-corrected chi connectivity index (χ3v) is 5.12. The Morgan fingerprint density at radius 3 is 2.17 bits per heavy atom. The molecule has 0 bridgehead atoms. The lowest BCUT2D eigenvalue weighted by Gasteiger charge is -2.17. The first kappa shape index (κ1) is 22.6. The molecule has 0 unspecified atom stereocenters.